The maximum Gasteiger partial charge on any atom is 0.411 e. The van der Waals surface area contributed by atoms with Crippen LogP contribution in [0.1, 0.15) is 6.42 Å². The molecule has 1 atom stereocenters. The van der Waals surface area contributed by atoms with Crippen molar-refractivity contribution in [3.8, 4) is 0 Å². The van der Waals surface area contributed by atoms with Gasteiger partial charge in [-0.15, -0.1) is 0 Å². The highest BCUT2D eigenvalue weighted by Gasteiger charge is 2.28. The summed E-state index contributed by atoms with van der Waals surface area (Å²) in [6, 6.07) is 7.26. The Hall–Kier alpha value is -1.47. The van der Waals surface area contributed by atoms with E-state index in [0.717, 1.165) is 18.7 Å². The molecule has 8 heteroatoms. The van der Waals surface area contributed by atoms with Crippen LogP contribution in [0.5, 0.6) is 0 Å². The van der Waals surface area contributed by atoms with Crippen LogP contribution < -0.4 is 10.2 Å². The van der Waals surface area contributed by atoms with Crippen molar-refractivity contribution in [1.29, 1.82) is 0 Å². The molecule has 1 fully saturated rings. The third-order valence-corrected chi connectivity index (χ3v) is 3.46. The molecule has 0 aliphatic carbocycles. The van der Waals surface area contributed by atoms with Crippen molar-refractivity contribution < 1.29 is 22.7 Å². The number of hydrogen-bond acceptors (Lipinski definition) is 3. The Bertz CT molecular complexity index is 525. The lowest BCUT2D eigenvalue weighted by Crippen LogP contribution is -2.39. The van der Waals surface area contributed by atoms with Gasteiger partial charge in [-0.3, -0.25) is 4.79 Å². The average molecular weight is 337 g/mol. The summed E-state index contributed by atoms with van der Waals surface area (Å²) in [5, 5.41) is 3.30. The zero-order valence-electron chi connectivity index (χ0n) is 11.7. The molecule has 122 valence electrons. The van der Waals surface area contributed by atoms with Crippen molar-refractivity contribution in [2.75, 3.05) is 31.2 Å². The quantitative estimate of drug-likeness (QED) is 0.898. The van der Waals surface area contributed by atoms with Crippen molar-refractivity contribution in [3.05, 3.63) is 29.3 Å². The van der Waals surface area contributed by atoms with E-state index in [1.807, 2.05) is 18.2 Å². The van der Waals surface area contributed by atoms with Crippen LogP contribution >= 0.6 is 11.6 Å². The first-order chi connectivity index (χ1) is 10.3. The summed E-state index contributed by atoms with van der Waals surface area (Å²) in [5.74, 6) is -0.540. The molecular weight excluding hydrogens is 321 g/mol. The fraction of sp³-hybridized carbons (Fsp3) is 0.500. The van der Waals surface area contributed by atoms with Crippen LogP contribution in [0.15, 0.2) is 24.3 Å². The van der Waals surface area contributed by atoms with Gasteiger partial charge in [-0.1, -0.05) is 17.7 Å². The molecule has 1 N–H and O–H groups in total. The molecule has 0 unspecified atom stereocenters. The van der Waals surface area contributed by atoms with E-state index in [1.165, 1.54) is 0 Å². The average Bonchev–Trinajstić information content (AvgIpc) is 2.85. The number of halogens is 4. The van der Waals surface area contributed by atoms with E-state index in [-0.39, 0.29) is 6.04 Å². The monoisotopic (exact) mass is 336 g/mol. The van der Waals surface area contributed by atoms with E-state index in [1.54, 1.807) is 6.07 Å². The molecule has 1 amide bonds. The second-order valence-electron chi connectivity index (χ2n) is 5.09. The van der Waals surface area contributed by atoms with E-state index >= 15 is 0 Å². The molecule has 1 aromatic rings. The molecule has 0 bridgehead atoms. The SMILES string of the molecule is O=C(COCC(F)(F)F)N[C@@H]1CCN(c2cccc(Cl)c2)C1. The molecule has 2 rings (SSSR count). The number of amides is 1. The summed E-state index contributed by atoms with van der Waals surface area (Å²) in [6.45, 7) is -0.674. The maximum absolute atomic E-state index is 11.9. The standard InChI is InChI=1S/C14H16ClF3N2O2/c15-10-2-1-3-12(6-10)20-5-4-11(7-20)19-13(21)8-22-9-14(16,17)18/h1-3,6,11H,4-5,7-9H2,(H,19,21)/t11-/m1/s1. The van der Waals surface area contributed by atoms with Gasteiger partial charge in [0.15, 0.2) is 0 Å². The molecule has 0 spiro atoms. The Morgan fingerprint density at radius 3 is 2.91 bits per heavy atom. The van der Waals surface area contributed by atoms with Gasteiger partial charge in [0.1, 0.15) is 13.2 Å². The summed E-state index contributed by atoms with van der Waals surface area (Å²) >= 11 is 5.93. The molecule has 0 radical (unpaired) electrons. The largest absolute Gasteiger partial charge is 0.411 e. The predicted octanol–water partition coefficient (Wildman–Crippen LogP) is 2.61. The van der Waals surface area contributed by atoms with Crippen molar-refractivity contribution in [3.63, 3.8) is 0 Å². The summed E-state index contributed by atoms with van der Waals surface area (Å²) in [7, 11) is 0. The van der Waals surface area contributed by atoms with E-state index in [2.05, 4.69) is 15.0 Å². The maximum atomic E-state index is 11.9. The number of anilines is 1. The van der Waals surface area contributed by atoms with Gasteiger partial charge >= 0.3 is 6.18 Å². The summed E-state index contributed by atoms with van der Waals surface area (Å²) in [5.41, 5.74) is 0.956. The second-order valence-corrected chi connectivity index (χ2v) is 5.52. The zero-order valence-corrected chi connectivity index (χ0v) is 12.5. The summed E-state index contributed by atoms with van der Waals surface area (Å²) < 4.78 is 40.1. The highest BCUT2D eigenvalue weighted by atomic mass is 35.5. The number of hydrogen-bond donors (Lipinski definition) is 1. The zero-order chi connectivity index (χ0) is 16.2. The molecule has 1 aromatic carbocycles. The third kappa shape index (κ3) is 5.38. The van der Waals surface area contributed by atoms with Crippen LogP contribution in [0, 0.1) is 0 Å². The van der Waals surface area contributed by atoms with Crippen LogP contribution in [0.4, 0.5) is 18.9 Å². The molecule has 1 heterocycles. The topological polar surface area (TPSA) is 41.6 Å². The molecule has 0 aromatic heterocycles. The highest BCUT2D eigenvalue weighted by molar-refractivity contribution is 6.30. The number of carbonyl (C=O) groups is 1. The molecule has 4 nitrogen and oxygen atoms in total. The van der Waals surface area contributed by atoms with Gasteiger partial charge in [0.25, 0.3) is 0 Å². The number of nitrogens with one attached hydrogen (secondary N) is 1. The molecule has 1 aliphatic rings. The van der Waals surface area contributed by atoms with E-state index in [4.69, 9.17) is 11.6 Å². The lowest BCUT2D eigenvalue weighted by Gasteiger charge is -2.19. The lowest BCUT2D eigenvalue weighted by molar-refractivity contribution is -0.175. The first kappa shape index (κ1) is 16.9. The summed E-state index contributed by atoms with van der Waals surface area (Å²) in [6.07, 6.45) is -3.70. The number of benzene rings is 1. The van der Waals surface area contributed by atoms with Crippen molar-refractivity contribution in [2.24, 2.45) is 0 Å². The van der Waals surface area contributed by atoms with E-state index < -0.39 is 25.3 Å². The van der Waals surface area contributed by atoms with Gasteiger partial charge in [-0.05, 0) is 24.6 Å². The Balaban J connectivity index is 1.75. The Kier molecular flexibility index (Phi) is 5.52. The van der Waals surface area contributed by atoms with Gasteiger partial charge in [-0.2, -0.15) is 13.2 Å². The number of alkyl halides is 3. The van der Waals surface area contributed by atoms with Crippen LogP contribution in [0.2, 0.25) is 5.02 Å². The van der Waals surface area contributed by atoms with Gasteiger partial charge in [0.05, 0.1) is 0 Å². The minimum atomic E-state index is -4.42. The molecule has 1 saturated heterocycles. The van der Waals surface area contributed by atoms with Crippen molar-refractivity contribution >= 4 is 23.2 Å². The Morgan fingerprint density at radius 2 is 2.23 bits per heavy atom. The number of rotatable bonds is 5. The number of nitrogens with zero attached hydrogens (tertiary/aromatic N) is 1. The van der Waals surface area contributed by atoms with E-state index in [9.17, 15) is 18.0 Å². The van der Waals surface area contributed by atoms with Gasteiger partial charge in [0, 0.05) is 29.8 Å². The van der Waals surface area contributed by atoms with Crippen LogP contribution in [-0.2, 0) is 9.53 Å². The Labute approximate surface area is 131 Å². The summed E-state index contributed by atoms with van der Waals surface area (Å²) in [4.78, 5) is 13.6. The normalized spacial score (nSPS) is 18.5. The third-order valence-electron chi connectivity index (χ3n) is 3.23. The minimum absolute atomic E-state index is 0.110. The van der Waals surface area contributed by atoms with Gasteiger partial charge in [-0.25, -0.2) is 0 Å². The molecule has 0 saturated carbocycles. The van der Waals surface area contributed by atoms with Crippen LogP contribution in [0.3, 0.4) is 0 Å². The fourth-order valence-corrected chi connectivity index (χ4v) is 2.50. The van der Waals surface area contributed by atoms with Crippen LogP contribution in [0.25, 0.3) is 0 Å². The number of carbonyl (C=O) groups excluding carboxylic acids is 1. The van der Waals surface area contributed by atoms with Gasteiger partial charge < -0.3 is 15.0 Å². The first-order valence-corrected chi connectivity index (χ1v) is 7.16. The van der Waals surface area contributed by atoms with Gasteiger partial charge in [0.2, 0.25) is 5.91 Å². The van der Waals surface area contributed by atoms with Crippen molar-refractivity contribution in [1.82, 2.24) is 5.32 Å². The number of ether oxygens (including phenoxy) is 1. The first-order valence-electron chi connectivity index (χ1n) is 6.78. The van der Waals surface area contributed by atoms with E-state index in [0.29, 0.717) is 11.6 Å². The lowest BCUT2D eigenvalue weighted by atomic mass is 10.2. The van der Waals surface area contributed by atoms with Crippen LogP contribution in [-0.4, -0.2) is 44.4 Å². The predicted molar refractivity (Wildman–Crippen MR) is 77.1 cm³/mol. The molecule has 1 aliphatic heterocycles. The Morgan fingerprint density at radius 1 is 1.45 bits per heavy atom. The minimum Gasteiger partial charge on any atom is -0.369 e. The van der Waals surface area contributed by atoms with Crippen molar-refractivity contribution in [2.45, 2.75) is 18.6 Å². The molecule has 22 heavy (non-hydrogen) atoms. The molecular formula is C14H16ClF3N2O2. The smallest absolute Gasteiger partial charge is 0.369 e. The highest BCUT2D eigenvalue weighted by Crippen LogP contribution is 2.23. The fourth-order valence-electron chi connectivity index (χ4n) is 2.31. The second kappa shape index (κ2) is 7.19.